The maximum atomic E-state index is 10.7. The van der Waals surface area contributed by atoms with Crippen LogP contribution in [0.1, 0.15) is 0 Å². The first-order valence-electron chi connectivity index (χ1n) is 3.23. The van der Waals surface area contributed by atoms with E-state index in [-0.39, 0.29) is 45.4 Å². The molecule has 0 spiro atoms. The topological polar surface area (TPSA) is 43.4 Å². The number of halogens is 2. The molecule has 7 heteroatoms. The van der Waals surface area contributed by atoms with E-state index in [1.54, 1.807) is 12.1 Å². The fraction of sp³-hybridized carbons (Fsp3) is 0.143. The van der Waals surface area contributed by atoms with Crippen LogP contribution in [0.5, 0.6) is 5.75 Å². The third-order valence-electron chi connectivity index (χ3n) is 1.16. The van der Waals surface area contributed by atoms with Crippen LogP contribution in [-0.4, -0.2) is 44.2 Å². The predicted octanol–water partition coefficient (Wildman–Crippen LogP) is 1.68. The Morgan fingerprint density at radius 2 is 1.86 bits per heavy atom. The summed E-state index contributed by atoms with van der Waals surface area (Å²) in [5.74, 6) is 0.0386. The Bertz CT molecular complexity index is 419. The van der Waals surface area contributed by atoms with Crippen LogP contribution in [0.4, 0.5) is 0 Å². The van der Waals surface area contributed by atoms with Gasteiger partial charge in [0.25, 0.3) is 0 Å². The van der Waals surface area contributed by atoms with Crippen molar-refractivity contribution < 1.29 is 12.6 Å². The normalized spacial score (nSPS) is 10.5. The van der Waals surface area contributed by atoms with E-state index in [9.17, 15) is 8.42 Å². The molecule has 0 unspecified atom stereocenters. The molecule has 0 amide bonds. The van der Waals surface area contributed by atoms with E-state index in [2.05, 4.69) is 4.18 Å². The summed E-state index contributed by atoms with van der Waals surface area (Å²) in [6, 6.07) is 4.52. The van der Waals surface area contributed by atoms with Crippen LogP contribution in [0.2, 0.25) is 10.0 Å². The number of benzene rings is 1. The summed E-state index contributed by atoms with van der Waals surface area (Å²) in [6.45, 7) is 0. The molecule has 0 fully saturated rings. The minimum atomic E-state index is -3.56. The first-order chi connectivity index (χ1) is 5.90. The van der Waals surface area contributed by atoms with Crippen LogP contribution >= 0.6 is 23.2 Å². The molecule has 0 aromatic heterocycles. The summed E-state index contributed by atoms with van der Waals surface area (Å²) < 4.78 is 26.0. The third kappa shape index (κ3) is 4.38. The SMILES string of the molecule is CS(=O)(=O)Oc1cccc(Cl)c1Cl.[NaH]. The molecular weight excluding hydrogens is 258 g/mol. The molecule has 0 atom stereocenters. The molecule has 0 saturated carbocycles. The fourth-order valence-electron chi connectivity index (χ4n) is 0.711. The molecule has 0 heterocycles. The Hall–Kier alpha value is 0.550. The zero-order valence-electron chi connectivity index (χ0n) is 6.62. The second-order valence-electron chi connectivity index (χ2n) is 2.34. The number of rotatable bonds is 2. The van der Waals surface area contributed by atoms with Gasteiger partial charge in [0.1, 0.15) is 5.02 Å². The van der Waals surface area contributed by atoms with Crippen molar-refractivity contribution in [1.82, 2.24) is 0 Å². The Kier molecular flexibility index (Phi) is 5.80. The maximum absolute atomic E-state index is 10.7. The van der Waals surface area contributed by atoms with Crippen molar-refractivity contribution in [1.29, 1.82) is 0 Å². The molecule has 0 aliphatic carbocycles. The molecule has 0 aliphatic rings. The van der Waals surface area contributed by atoms with Gasteiger partial charge in [0.15, 0.2) is 5.75 Å². The molecule has 1 aromatic carbocycles. The van der Waals surface area contributed by atoms with Gasteiger partial charge in [0.2, 0.25) is 0 Å². The Labute approximate surface area is 115 Å². The van der Waals surface area contributed by atoms with E-state index < -0.39 is 10.1 Å². The molecule has 1 rings (SSSR count). The number of hydrogen-bond acceptors (Lipinski definition) is 3. The molecule has 14 heavy (non-hydrogen) atoms. The van der Waals surface area contributed by atoms with Gasteiger partial charge in [0.05, 0.1) is 11.3 Å². The molecule has 0 saturated heterocycles. The van der Waals surface area contributed by atoms with Crippen LogP contribution in [-0.2, 0) is 10.1 Å². The first kappa shape index (κ1) is 14.6. The molecule has 74 valence electrons. The van der Waals surface area contributed by atoms with E-state index in [0.717, 1.165) is 6.26 Å². The molecule has 0 radical (unpaired) electrons. The van der Waals surface area contributed by atoms with E-state index in [4.69, 9.17) is 23.2 Å². The van der Waals surface area contributed by atoms with E-state index in [0.29, 0.717) is 0 Å². The third-order valence-corrected chi connectivity index (χ3v) is 2.44. The second-order valence-corrected chi connectivity index (χ2v) is 4.70. The first-order valence-corrected chi connectivity index (χ1v) is 5.81. The van der Waals surface area contributed by atoms with Crippen molar-refractivity contribution in [3.8, 4) is 5.75 Å². The summed E-state index contributed by atoms with van der Waals surface area (Å²) in [5.41, 5.74) is 0. The Morgan fingerprint density at radius 1 is 1.29 bits per heavy atom. The predicted molar refractivity (Wildman–Crippen MR) is 59.1 cm³/mol. The van der Waals surface area contributed by atoms with Gasteiger partial charge in [-0.3, -0.25) is 0 Å². The van der Waals surface area contributed by atoms with Gasteiger partial charge in [0, 0.05) is 0 Å². The molecule has 3 nitrogen and oxygen atoms in total. The zero-order valence-corrected chi connectivity index (χ0v) is 8.95. The van der Waals surface area contributed by atoms with Crippen molar-refractivity contribution in [3.63, 3.8) is 0 Å². The monoisotopic (exact) mass is 264 g/mol. The van der Waals surface area contributed by atoms with Crippen molar-refractivity contribution in [2.75, 3.05) is 6.26 Å². The Balaban J connectivity index is 0.00000169. The fourth-order valence-corrected chi connectivity index (χ4v) is 1.55. The van der Waals surface area contributed by atoms with Crippen LogP contribution in [0.3, 0.4) is 0 Å². The van der Waals surface area contributed by atoms with Gasteiger partial charge in [-0.1, -0.05) is 29.3 Å². The number of hydrogen-bond donors (Lipinski definition) is 0. The van der Waals surface area contributed by atoms with Crippen molar-refractivity contribution >= 4 is 62.9 Å². The van der Waals surface area contributed by atoms with Crippen molar-refractivity contribution in [2.24, 2.45) is 0 Å². The summed E-state index contributed by atoms with van der Waals surface area (Å²) in [5, 5.41) is 0.345. The van der Waals surface area contributed by atoms with E-state index in [1.807, 2.05) is 0 Å². The summed E-state index contributed by atoms with van der Waals surface area (Å²) >= 11 is 11.3. The average Bonchev–Trinajstić information content (AvgIpc) is 1.96. The molecule has 0 aliphatic heterocycles. The van der Waals surface area contributed by atoms with Crippen LogP contribution in [0.25, 0.3) is 0 Å². The summed E-state index contributed by atoms with van der Waals surface area (Å²) in [4.78, 5) is 0. The van der Waals surface area contributed by atoms with Crippen LogP contribution in [0, 0.1) is 0 Å². The minimum absolute atomic E-state index is 0. The van der Waals surface area contributed by atoms with E-state index >= 15 is 0 Å². The van der Waals surface area contributed by atoms with Crippen molar-refractivity contribution in [2.45, 2.75) is 0 Å². The van der Waals surface area contributed by atoms with E-state index in [1.165, 1.54) is 6.07 Å². The van der Waals surface area contributed by atoms with Gasteiger partial charge in [-0.25, -0.2) is 0 Å². The second kappa shape index (κ2) is 5.58. The van der Waals surface area contributed by atoms with Gasteiger partial charge >= 0.3 is 39.7 Å². The van der Waals surface area contributed by atoms with Crippen LogP contribution < -0.4 is 4.18 Å². The molecule has 0 bridgehead atoms. The van der Waals surface area contributed by atoms with Crippen molar-refractivity contribution in [3.05, 3.63) is 28.2 Å². The molecular formula is C7H7Cl2NaO3S. The summed E-state index contributed by atoms with van der Waals surface area (Å²) in [7, 11) is -3.56. The van der Waals surface area contributed by atoms with Gasteiger partial charge in [-0.05, 0) is 12.1 Å². The van der Waals surface area contributed by atoms with Gasteiger partial charge in [-0.15, -0.1) is 0 Å². The van der Waals surface area contributed by atoms with Gasteiger partial charge < -0.3 is 4.18 Å². The molecule has 1 aromatic rings. The quantitative estimate of drug-likeness (QED) is 0.603. The zero-order chi connectivity index (χ0) is 10.1. The van der Waals surface area contributed by atoms with Gasteiger partial charge in [-0.2, -0.15) is 8.42 Å². The molecule has 0 N–H and O–H groups in total. The standard InChI is InChI=1S/C7H6Cl2O3S.Na.H/c1-13(10,11)12-6-4-2-3-5(8)7(6)9;;/h2-4H,1H3;;. The summed E-state index contributed by atoms with van der Waals surface area (Å²) in [6.07, 6.45) is 0.935. The Morgan fingerprint density at radius 3 is 2.36 bits per heavy atom. The average molecular weight is 265 g/mol. The van der Waals surface area contributed by atoms with Crippen LogP contribution in [0.15, 0.2) is 18.2 Å².